The summed E-state index contributed by atoms with van der Waals surface area (Å²) in [5.74, 6) is 0. The maximum Gasteiger partial charge on any atom is 0.416 e. The van der Waals surface area contributed by atoms with E-state index in [0.717, 1.165) is 17.0 Å². The molecule has 0 saturated carbocycles. The van der Waals surface area contributed by atoms with Crippen molar-refractivity contribution in [3.8, 4) is 12.1 Å². The number of nitriles is 2. The number of allylic oxidation sites excluding steroid dienone is 1. The largest absolute Gasteiger partial charge is 0.416 e. The maximum atomic E-state index is 13.0. The monoisotopic (exact) mass is 445 g/mol. The molecular formula is C20H14F3N5O2S. The first-order valence-corrected chi connectivity index (χ1v) is 9.26. The number of hydrogen-bond acceptors (Lipinski definition) is 5. The number of nitrogens with zero attached hydrogens (tertiary/aromatic N) is 3. The Morgan fingerprint density at radius 3 is 2.26 bits per heavy atom. The van der Waals surface area contributed by atoms with Gasteiger partial charge < -0.3 is 5.32 Å². The summed E-state index contributed by atoms with van der Waals surface area (Å²) in [5, 5.41) is 21.2. The molecule has 0 radical (unpaired) electrons. The molecular weight excluding hydrogens is 431 g/mol. The van der Waals surface area contributed by atoms with Gasteiger partial charge in [-0.2, -0.15) is 27.9 Å². The number of carbonyl (C=O) groups is 1. The van der Waals surface area contributed by atoms with Crippen molar-refractivity contribution < 1.29 is 22.2 Å². The smallest absolute Gasteiger partial charge is 0.326 e. The van der Waals surface area contributed by atoms with Gasteiger partial charge in [-0.3, -0.25) is 4.90 Å². The molecule has 0 aromatic heterocycles. The molecule has 2 aromatic carbocycles. The molecule has 0 bridgehead atoms. The van der Waals surface area contributed by atoms with Crippen LogP contribution >= 0.6 is 0 Å². The van der Waals surface area contributed by atoms with E-state index >= 15 is 0 Å². The van der Waals surface area contributed by atoms with E-state index in [1.54, 1.807) is 24.3 Å². The normalized spacial score (nSPS) is 15.7. The Balaban J connectivity index is 0.00000107. The van der Waals surface area contributed by atoms with Gasteiger partial charge in [-0.05, 0) is 42.8 Å². The van der Waals surface area contributed by atoms with Crippen LogP contribution in [-0.2, 0) is 17.6 Å². The van der Waals surface area contributed by atoms with Crippen LogP contribution in [0.2, 0.25) is 0 Å². The van der Waals surface area contributed by atoms with Gasteiger partial charge in [0.15, 0.2) is 11.5 Å². The zero-order valence-electron chi connectivity index (χ0n) is 15.9. The van der Waals surface area contributed by atoms with Crippen LogP contribution in [0.4, 0.5) is 23.7 Å². The minimum atomic E-state index is -4.55. The van der Waals surface area contributed by atoms with E-state index in [9.17, 15) is 23.2 Å². The Hall–Kier alpha value is -3.96. The van der Waals surface area contributed by atoms with Gasteiger partial charge in [0.2, 0.25) is 0 Å². The highest BCUT2D eigenvalue weighted by Crippen LogP contribution is 2.36. The van der Waals surface area contributed by atoms with Crippen LogP contribution in [0.5, 0.6) is 0 Å². The summed E-state index contributed by atoms with van der Waals surface area (Å²) in [6, 6.07) is 13.3. The molecule has 0 fully saturated rings. The number of rotatable bonds is 2. The van der Waals surface area contributed by atoms with E-state index in [0.29, 0.717) is 11.1 Å². The van der Waals surface area contributed by atoms with Crippen LogP contribution in [0.15, 0.2) is 59.8 Å². The number of urea groups is 1. The van der Waals surface area contributed by atoms with Gasteiger partial charge in [0.1, 0.15) is 0 Å². The molecule has 0 aliphatic carbocycles. The Morgan fingerprint density at radius 1 is 1.13 bits per heavy atom. The van der Waals surface area contributed by atoms with Gasteiger partial charge in [-0.25, -0.2) is 9.57 Å². The molecule has 158 valence electrons. The van der Waals surface area contributed by atoms with Crippen molar-refractivity contribution in [2.24, 2.45) is 0 Å². The van der Waals surface area contributed by atoms with Crippen LogP contribution in [0.1, 0.15) is 29.7 Å². The minimum absolute atomic E-state index is 0.0100. The second kappa shape index (κ2) is 9.69. The first-order chi connectivity index (χ1) is 14.7. The predicted octanol–water partition coefficient (Wildman–Crippen LogP) is 4.61. The number of nitrogens with one attached hydrogen (secondary N) is 2. The molecule has 31 heavy (non-hydrogen) atoms. The molecule has 0 saturated heterocycles. The zero-order chi connectivity index (χ0) is 23.2. The summed E-state index contributed by atoms with van der Waals surface area (Å²) >= 11 is -0.250. The molecule has 1 aliphatic heterocycles. The topological polar surface area (TPSA) is 121 Å². The summed E-state index contributed by atoms with van der Waals surface area (Å²) in [6.07, 6.45) is -4.55. The number of anilines is 1. The number of amides is 2. The predicted molar refractivity (Wildman–Crippen MR) is 106 cm³/mol. The van der Waals surface area contributed by atoms with Crippen molar-refractivity contribution in [3.05, 3.63) is 76.5 Å². The third kappa shape index (κ3) is 5.15. The SMILES string of the molecule is CC1=C(C#N)[C@@H](c2ccc(C#N)cc2)NC(=O)N1c1cccc(C(F)(F)F)c1.N=S=O. The van der Waals surface area contributed by atoms with Crippen LogP contribution in [0.3, 0.4) is 0 Å². The molecule has 1 heterocycles. The van der Waals surface area contributed by atoms with Gasteiger partial charge >= 0.3 is 12.2 Å². The highest BCUT2D eigenvalue weighted by molar-refractivity contribution is 7.53. The first-order valence-electron chi connectivity index (χ1n) is 8.52. The lowest BCUT2D eigenvalue weighted by Gasteiger charge is -2.34. The number of hydrogen-bond donors (Lipinski definition) is 2. The van der Waals surface area contributed by atoms with E-state index in [4.69, 9.17) is 14.3 Å². The average Bonchev–Trinajstić information content (AvgIpc) is 2.74. The van der Waals surface area contributed by atoms with Crippen molar-refractivity contribution in [1.82, 2.24) is 5.32 Å². The van der Waals surface area contributed by atoms with Crippen molar-refractivity contribution >= 4 is 23.2 Å². The van der Waals surface area contributed by atoms with Gasteiger partial charge in [-0.1, -0.05) is 18.2 Å². The van der Waals surface area contributed by atoms with Gasteiger partial charge in [0.25, 0.3) is 0 Å². The standard InChI is InChI=1S/C20H13F3N4O.HNOS/c1-12-17(11-25)18(14-7-5-13(10-24)6-8-14)26-19(28)27(12)16-4-2-3-15(9-16)20(21,22)23;1-3-2/h2-9,18H,1H3,(H,26,28);1H/t18-;/m1./s1. The summed E-state index contributed by atoms with van der Waals surface area (Å²) in [6.45, 7) is 1.51. The lowest BCUT2D eigenvalue weighted by Crippen LogP contribution is -2.46. The van der Waals surface area contributed by atoms with Crippen LogP contribution in [0, 0.1) is 27.4 Å². The molecule has 1 aliphatic rings. The van der Waals surface area contributed by atoms with Crippen LogP contribution in [-0.4, -0.2) is 10.2 Å². The molecule has 7 nitrogen and oxygen atoms in total. The maximum absolute atomic E-state index is 13.0. The molecule has 0 spiro atoms. The molecule has 1 atom stereocenters. The molecule has 2 amide bonds. The van der Waals surface area contributed by atoms with Gasteiger partial charge in [-0.15, -0.1) is 0 Å². The van der Waals surface area contributed by atoms with E-state index in [2.05, 4.69) is 5.32 Å². The second-order valence-electron chi connectivity index (χ2n) is 6.19. The third-order valence-corrected chi connectivity index (χ3v) is 4.41. The fraction of sp³-hybridized carbons (Fsp3) is 0.150. The lowest BCUT2D eigenvalue weighted by molar-refractivity contribution is -0.137. The Morgan fingerprint density at radius 2 is 1.74 bits per heavy atom. The number of alkyl halides is 3. The fourth-order valence-corrected chi connectivity index (χ4v) is 3.02. The minimum Gasteiger partial charge on any atom is -0.326 e. The molecule has 11 heteroatoms. The number of halogens is 3. The average molecular weight is 445 g/mol. The number of carbonyl (C=O) groups excluding carboxylic acids is 1. The molecule has 2 N–H and O–H groups in total. The second-order valence-corrected chi connectivity index (χ2v) is 6.36. The molecule has 3 rings (SSSR count). The van der Waals surface area contributed by atoms with E-state index in [1.807, 2.05) is 12.1 Å². The van der Waals surface area contributed by atoms with Gasteiger partial charge in [0, 0.05) is 5.70 Å². The molecule has 2 aromatic rings. The van der Waals surface area contributed by atoms with E-state index in [-0.39, 0.29) is 28.4 Å². The summed E-state index contributed by atoms with van der Waals surface area (Å²) < 4.78 is 53.1. The Bertz CT molecular complexity index is 1140. The highest BCUT2D eigenvalue weighted by Gasteiger charge is 2.35. The summed E-state index contributed by atoms with van der Waals surface area (Å²) in [4.78, 5) is 13.7. The molecule has 0 unspecified atom stereocenters. The van der Waals surface area contributed by atoms with Crippen molar-refractivity contribution in [3.63, 3.8) is 0 Å². The first kappa shape index (κ1) is 23.3. The highest BCUT2D eigenvalue weighted by atomic mass is 32.1. The van der Waals surface area contributed by atoms with E-state index in [1.165, 1.54) is 19.1 Å². The summed E-state index contributed by atoms with van der Waals surface area (Å²) in [5.41, 5.74) is 0.568. The van der Waals surface area contributed by atoms with Crippen molar-refractivity contribution in [2.45, 2.75) is 19.1 Å². The zero-order valence-corrected chi connectivity index (χ0v) is 16.7. The quantitative estimate of drug-likeness (QED) is 0.701. The Kier molecular flexibility index (Phi) is 7.29. The van der Waals surface area contributed by atoms with Crippen molar-refractivity contribution in [2.75, 3.05) is 4.90 Å². The Labute approximate surface area is 179 Å². The number of benzene rings is 2. The summed E-state index contributed by atoms with van der Waals surface area (Å²) in [7, 11) is 0. The van der Waals surface area contributed by atoms with Crippen LogP contribution in [0.25, 0.3) is 0 Å². The lowest BCUT2D eigenvalue weighted by atomic mass is 9.95. The van der Waals surface area contributed by atoms with E-state index < -0.39 is 23.8 Å². The van der Waals surface area contributed by atoms with Crippen molar-refractivity contribution in [1.29, 1.82) is 15.3 Å². The van der Waals surface area contributed by atoms with Gasteiger partial charge in [0.05, 0.1) is 40.6 Å². The fourth-order valence-electron chi connectivity index (χ4n) is 3.02. The third-order valence-electron chi connectivity index (χ3n) is 4.41. The van der Waals surface area contributed by atoms with Crippen LogP contribution < -0.4 is 10.2 Å².